The Kier molecular flexibility index (Phi) is 4.10. The van der Waals surface area contributed by atoms with E-state index < -0.39 is 0 Å². The number of nitrogens with zero attached hydrogens (tertiary/aromatic N) is 1. The molecule has 3 N–H and O–H groups in total. The third-order valence-corrected chi connectivity index (χ3v) is 5.37. The zero-order valence-electron chi connectivity index (χ0n) is 12.3. The monoisotopic (exact) mass is 303 g/mol. The predicted molar refractivity (Wildman–Crippen MR) is 87.7 cm³/mol. The van der Waals surface area contributed by atoms with Crippen LogP contribution in [0.1, 0.15) is 47.5 Å². The maximum atomic E-state index is 12.3. The molecule has 0 atom stereocenters. The van der Waals surface area contributed by atoms with Gasteiger partial charge in [0, 0.05) is 17.6 Å². The Morgan fingerprint density at radius 2 is 2.19 bits per heavy atom. The van der Waals surface area contributed by atoms with Crippen molar-refractivity contribution in [2.24, 2.45) is 5.92 Å². The van der Waals surface area contributed by atoms with Crippen LogP contribution < -0.4 is 11.1 Å². The number of aryl methyl sites for hydroxylation is 1. The quantitative estimate of drug-likeness (QED) is 0.908. The van der Waals surface area contributed by atoms with E-state index in [1.165, 1.54) is 37.0 Å². The van der Waals surface area contributed by atoms with Gasteiger partial charge in [-0.15, -0.1) is 11.3 Å². The number of nitrogens with one attached hydrogen (secondary N) is 1. The van der Waals surface area contributed by atoms with Gasteiger partial charge in [-0.2, -0.15) is 0 Å². The van der Waals surface area contributed by atoms with E-state index in [2.05, 4.69) is 10.3 Å². The summed E-state index contributed by atoms with van der Waals surface area (Å²) in [6.45, 7) is 2.68. The Morgan fingerprint density at radius 1 is 1.43 bits per heavy atom. The lowest BCUT2D eigenvalue weighted by atomic mass is 10.0. The molecule has 0 radical (unpaired) electrons. The SMILES string of the molecule is Cc1ccc2c(N)c(C(=O)NCCC3CCCC3)sc2n1. The number of carbonyl (C=O) groups is 1. The van der Waals surface area contributed by atoms with Gasteiger partial charge < -0.3 is 11.1 Å². The molecule has 1 aliphatic rings. The Hall–Kier alpha value is -1.62. The number of rotatable bonds is 4. The number of nitrogens with two attached hydrogens (primary N) is 1. The minimum absolute atomic E-state index is 0.0637. The fourth-order valence-corrected chi connectivity index (χ4v) is 4.08. The first-order valence-electron chi connectivity index (χ1n) is 7.59. The van der Waals surface area contributed by atoms with Crippen LogP contribution in [0.5, 0.6) is 0 Å². The minimum atomic E-state index is -0.0637. The molecule has 0 aromatic carbocycles. The van der Waals surface area contributed by atoms with Gasteiger partial charge in [0.1, 0.15) is 9.71 Å². The fourth-order valence-electron chi connectivity index (χ4n) is 3.03. The lowest BCUT2D eigenvalue weighted by Gasteiger charge is -2.09. The van der Waals surface area contributed by atoms with Crippen LogP contribution in [-0.2, 0) is 0 Å². The normalized spacial score (nSPS) is 15.7. The molecule has 1 aliphatic carbocycles. The van der Waals surface area contributed by atoms with Crippen LogP contribution in [0, 0.1) is 12.8 Å². The summed E-state index contributed by atoms with van der Waals surface area (Å²) in [6.07, 6.45) is 6.38. The summed E-state index contributed by atoms with van der Waals surface area (Å²) in [4.78, 5) is 18.2. The molecule has 5 heteroatoms. The van der Waals surface area contributed by atoms with Crippen LogP contribution in [0.2, 0.25) is 0 Å². The first kappa shape index (κ1) is 14.3. The van der Waals surface area contributed by atoms with E-state index >= 15 is 0 Å². The number of hydrogen-bond donors (Lipinski definition) is 2. The average molecular weight is 303 g/mol. The van der Waals surface area contributed by atoms with Gasteiger partial charge in [-0.25, -0.2) is 4.98 Å². The predicted octanol–water partition coefficient (Wildman–Crippen LogP) is 3.50. The van der Waals surface area contributed by atoms with E-state index in [1.54, 1.807) is 0 Å². The van der Waals surface area contributed by atoms with Crippen LogP contribution >= 0.6 is 11.3 Å². The first-order chi connectivity index (χ1) is 10.1. The van der Waals surface area contributed by atoms with E-state index in [0.29, 0.717) is 10.6 Å². The van der Waals surface area contributed by atoms with Crippen LogP contribution in [-0.4, -0.2) is 17.4 Å². The summed E-state index contributed by atoms with van der Waals surface area (Å²) in [7, 11) is 0. The van der Waals surface area contributed by atoms with Crippen LogP contribution in [0.3, 0.4) is 0 Å². The molecule has 2 heterocycles. The third-order valence-electron chi connectivity index (χ3n) is 4.25. The highest BCUT2D eigenvalue weighted by atomic mass is 32.1. The number of hydrogen-bond acceptors (Lipinski definition) is 4. The number of fused-ring (bicyclic) bond motifs is 1. The minimum Gasteiger partial charge on any atom is -0.397 e. The number of nitrogen functional groups attached to an aromatic ring is 1. The summed E-state index contributed by atoms with van der Waals surface area (Å²) in [5.74, 6) is 0.723. The molecule has 3 rings (SSSR count). The topological polar surface area (TPSA) is 68.0 Å². The van der Waals surface area contributed by atoms with Crippen molar-refractivity contribution >= 4 is 33.1 Å². The van der Waals surface area contributed by atoms with Gasteiger partial charge in [0.05, 0.1) is 5.69 Å². The number of pyridine rings is 1. The molecule has 1 fully saturated rings. The van der Waals surface area contributed by atoms with Crippen molar-refractivity contribution in [1.29, 1.82) is 0 Å². The second kappa shape index (κ2) is 6.02. The summed E-state index contributed by atoms with van der Waals surface area (Å²) < 4.78 is 0. The molecule has 2 aromatic rings. The largest absolute Gasteiger partial charge is 0.397 e. The van der Waals surface area contributed by atoms with Crippen LogP contribution in [0.4, 0.5) is 5.69 Å². The standard InChI is InChI=1S/C16H21N3OS/c1-10-6-7-12-13(17)14(21-16(12)19-10)15(20)18-9-8-11-4-2-3-5-11/h6-7,11H,2-5,8-9,17H2,1H3,(H,18,20). The van der Waals surface area contributed by atoms with E-state index in [1.807, 2.05) is 19.1 Å². The van der Waals surface area contributed by atoms with Crippen molar-refractivity contribution in [3.8, 4) is 0 Å². The lowest BCUT2D eigenvalue weighted by molar-refractivity contribution is 0.0956. The molecule has 0 aliphatic heterocycles. The Labute approximate surface area is 128 Å². The molecule has 0 saturated heterocycles. The first-order valence-corrected chi connectivity index (χ1v) is 8.40. The molecule has 1 amide bonds. The van der Waals surface area contributed by atoms with Gasteiger partial charge in [0.25, 0.3) is 5.91 Å². The molecule has 0 unspecified atom stereocenters. The van der Waals surface area contributed by atoms with Crippen molar-refractivity contribution in [1.82, 2.24) is 10.3 Å². The Bertz CT molecular complexity index is 659. The fraction of sp³-hybridized carbons (Fsp3) is 0.500. The lowest BCUT2D eigenvalue weighted by Crippen LogP contribution is -2.25. The van der Waals surface area contributed by atoms with Gasteiger partial charge >= 0.3 is 0 Å². The van der Waals surface area contributed by atoms with Gasteiger partial charge in [0.2, 0.25) is 0 Å². The molecule has 2 aromatic heterocycles. The maximum Gasteiger partial charge on any atom is 0.263 e. The van der Waals surface area contributed by atoms with Gasteiger partial charge in [-0.05, 0) is 31.4 Å². The molecule has 21 heavy (non-hydrogen) atoms. The zero-order valence-corrected chi connectivity index (χ0v) is 13.1. The molecular weight excluding hydrogens is 282 g/mol. The Balaban J connectivity index is 1.67. The van der Waals surface area contributed by atoms with Crippen molar-refractivity contribution < 1.29 is 4.79 Å². The summed E-state index contributed by atoms with van der Waals surface area (Å²) in [5, 5.41) is 3.89. The zero-order chi connectivity index (χ0) is 14.8. The van der Waals surface area contributed by atoms with Crippen molar-refractivity contribution in [2.45, 2.75) is 39.0 Å². The summed E-state index contributed by atoms with van der Waals surface area (Å²) in [6, 6.07) is 3.87. The summed E-state index contributed by atoms with van der Waals surface area (Å²) in [5.41, 5.74) is 7.59. The highest BCUT2D eigenvalue weighted by Gasteiger charge is 2.18. The smallest absolute Gasteiger partial charge is 0.263 e. The highest BCUT2D eigenvalue weighted by molar-refractivity contribution is 7.21. The number of anilines is 1. The van der Waals surface area contributed by atoms with Gasteiger partial charge in [-0.3, -0.25) is 4.79 Å². The third kappa shape index (κ3) is 3.02. The molecule has 4 nitrogen and oxygen atoms in total. The summed E-state index contributed by atoms with van der Waals surface area (Å²) >= 11 is 1.38. The number of amides is 1. The van der Waals surface area contributed by atoms with Gasteiger partial charge in [-0.1, -0.05) is 25.7 Å². The molecule has 1 saturated carbocycles. The van der Waals surface area contributed by atoms with Crippen LogP contribution in [0.25, 0.3) is 10.2 Å². The number of aromatic nitrogens is 1. The molecular formula is C16H21N3OS. The second-order valence-electron chi connectivity index (χ2n) is 5.85. The van der Waals surface area contributed by atoms with E-state index in [0.717, 1.165) is 34.8 Å². The van der Waals surface area contributed by atoms with Crippen molar-refractivity contribution in [2.75, 3.05) is 12.3 Å². The van der Waals surface area contributed by atoms with Crippen molar-refractivity contribution in [3.63, 3.8) is 0 Å². The van der Waals surface area contributed by atoms with E-state index in [9.17, 15) is 4.79 Å². The molecule has 0 spiro atoms. The van der Waals surface area contributed by atoms with E-state index in [4.69, 9.17) is 5.73 Å². The molecule has 0 bridgehead atoms. The second-order valence-corrected chi connectivity index (χ2v) is 6.84. The Morgan fingerprint density at radius 3 is 2.95 bits per heavy atom. The molecule has 112 valence electrons. The number of carbonyl (C=O) groups excluding carboxylic acids is 1. The number of thiophene rings is 1. The van der Waals surface area contributed by atoms with Crippen LogP contribution in [0.15, 0.2) is 12.1 Å². The average Bonchev–Trinajstić information content (AvgIpc) is 3.07. The van der Waals surface area contributed by atoms with E-state index in [-0.39, 0.29) is 5.91 Å². The highest BCUT2D eigenvalue weighted by Crippen LogP contribution is 2.32. The maximum absolute atomic E-state index is 12.3. The van der Waals surface area contributed by atoms with Crippen molar-refractivity contribution in [3.05, 3.63) is 22.7 Å². The van der Waals surface area contributed by atoms with Gasteiger partial charge in [0.15, 0.2) is 0 Å².